The predicted molar refractivity (Wildman–Crippen MR) is 153 cm³/mol. The molecule has 1 aromatic heterocycles. The first-order valence-electron chi connectivity index (χ1n) is 13.2. The number of benzene rings is 1. The number of hydrogen-bond donors (Lipinski definition) is 3. The SMILES string of the molecule is CC1COCCN1c1nc(-c2ccc(NC(=O)NC3(I)CCC3)cc2)nc2c1CCN(C(=O)C(C)(C)O)C2. The molecule has 1 aromatic carbocycles. The van der Waals surface area contributed by atoms with Crippen molar-refractivity contribution in [3.05, 3.63) is 35.5 Å². The molecule has 204 valence electrons. The minimum Gasteiger partial charge on any atom is -0.381 e. The Kier molecular flexibility index (Phi) is 7.53. The van der Waals surface area contributed by atoms with Crippen LogP contribution < -0.4 is 15.5 Å². The van der Waals surface area contributed by atoms with Crippen molar-refractivity contribution in [3.63, 3.8) is 0 Å². The third-order valence-electron chi connectivity index (χ3n) is 7.38. The Balaban J connectivity index is 1.42. The fraction of sp³-hybridized carbons (Fsp3) is 0.556. The molecule has 2 aromatic rings. The van der Waals surface area contributed by atoms with Crippen molar-refractivity contribution in [1.29, 1.82) is 0 Å². The third kappa shape index (κ3) is 5.74. The molecular weight excluding hydrogens is 599 g/mol. The molecule has 1 atom stereocenters. The minimum absolute atomic E-state index is 0.147. The normalized spacial score (nSPS) is 20.8. The molecule has 0 radical (unpaired) electrons. The van der Waals surface area contributed by atoms with E-state index in [1.165, 1.54) is 13.8 Å². The zero-order valence-corrected chi connectivity index (χ0v) is 24.2. The van der Waals surface area contributed by atoms with E-state index in [4.69, 9.17) is 14.7 Å². The van der Waals surface area contributed by atoms with E-state index in [2.05, 4.69) is 45.0 Å². The summed E-state index contributed by atoms with van der Waals surface area (Å²) >= 11 is 2.31. The van der Waals surface area contributed by atoms with E-state index in [0.717, 1.165) is 48.4 Å². The number of urea groups is 1. The van der Waals surface area contributed by atoms with Crippen molar-refractivity contribution >= 4 is 46.0 Å². The van der Waals surface area contributed by atoms with Gasteiger partial charge in [0.05, 0.1) is 35.0 Å². The predicted octanol–water partition coefficient (Wildman–Crippen LogP) is 3.46. The summed E-state index contributed by atoms with van der Waals surface area (Å²) in [6.07, 6.45) is 3.72. The maximum atomic E-state index is 12.8. The number of morpholine rings is 1. The van der Waals surface area contributed by atoms with Crippen LogP contribution in [0.5, 0.6) is 0 Å². The number of carbonyl (C=O) groups excluding carboxylic acids is 2. The molecule has 3 heterocycles. The van der Waals surface area contributed by atoms with Crippen LogP contribution in [0.15, 0.2) is 24.3 Å². The fourth-order valence-electron chi connectivity index (χ4n) is 5.06. The van der Waals surface area contributed by atoms with E-state index in [1.807, 2.05) is 24.3 Å². The number of rotatable bonds is 5. The number of fused-ring (bicyclic) bond motifs is 1. The Labute approximate surface area is 236 Å². The van der Waals surface area contributed by atoms with Gasteiger partial charge in [0.2, 0.25) is 0 Å². The summed E-state index contributed by atoms with van der Waals surface area (Å²) in [5.74, 6) is 1.13. The van der Waals surface area contributed by atoms with Crippen molar-refractivity contribution < 1.29 is 19.4 Å². The second-order valence-electron chi connectivity index (χ2n) is 10.9. The van der Waals surface area contributed by atoms with Gasteiger partial charge in [-0.25, -0.2) is 14.8 Å². The first-order valence-corrected chi connectivity index (χ1v) is 14.2. The van der Waals surface area contributed by atoms with Gasteiger partial charge in [-0.05, 0) is 70.7 Å². The highest BCUT2D eigenvalue weighted by molar-refractivity contribution is 14.1. The van der Waals surface area contributed by atoms with Crippen LogP contribution in [0.2, 0.25) is 0 Å². The lowest BCUT2D eigenvalue weighted by molar-refractivity contribution is -0.148. The van der Waals surface area contributed by atoms with Gasteiger partial charge in [0.1, 0.15) is 11.4 Å². The van der Waals surface area contributed by atoms with Gasteiger partial charge in [-0.15, -0.1) is 0 Å². The largest absolute Gasteiger partial charge is 0.381 e. The highest BCUT2D eigenvalue weighted by atomic mass is 127. The van der Waals surface area contributed by atoms with Crippen LogP contribution in [0.25, 0.3) is 11.4 Å². The van der Waals surface area contributed by atoms with Crippen LogP contribution in [0.3, 0.4) is 0 Å². The number of nitrogens with one attached hydrogen (secondary N) is 2. The lowest BCUT2D eigenvalue weighted by Crippen LogP contribution is -2.49. The summed E-state index contributed by atoms with van der Waals surface area (Å²) in [4.78, 5) is 39.1. The molecule has 0 spiro atoms. The van der Waals surface area contributed by atoms with Crippen LogP contribution in [0, 0.1) is 0 Å². The van der Waals surface area contributed by atoms with Crippen LogP contribution in [0.1, 0.15) is 51.3 Å². The fourth-order valence-corrected chi connectivity index (χ4v) is 6.07. The van der Waals surface area contributed by atoms with Crippen molar-refractivity contribution in [2.45, 2.75) is 68.2 Å². The molecule has 1 aliphatic carbocycles. The first-order chi connectivity index (χ1) is 18.0. The highest BCUT2D eigenvalue weighted by Crippen LogP contribution is 2.38. The van der Waals surface area contributed by atoms with Crippen LogP contribution in [-0.2, 0) is 22.5 Å². The molecule has 2 fully saturated rings. The van der Waals surface area contributed by atoms with E-state index in [0.29, 0.717) is 44.2 Å². The molecule has 1 unspecified atom stereocenters. The molecule has 1 saturated heterocycles. The zero-order valence-electron chi connectivity index (χ0n) is 22.1. The Morgan fingerprint density at radius 3 is 2.55 bits per heavy atom. The number of amides is 3. The lowest BCUT2D eigenvalue weighted by Gasteiger charge is -2.38. The number of hydrogen-bond acceptors (Lipinski definition) is 7. The van der Waals surface area contributed by atoms with Crippen molar-refractivity contribution in [3.8, 4) is 11.4 Å². The number of aliphatic hydroxyl groups is 1. The van der Waals surface area contributed by atoms with Gasteiger partial charge in [0.25, 0.3) is 5.91 Å². The summed E-state index contributed by atoms with van der Waals surface area (Å²) in [5.41, 5.74) is 1.89. The number of anilines is 2. The number of aromatic nitrogens is 2. The van der Waals surface area contributed by atoms with Gasteiger partial charge in [0, 0.05) is 29.9 Å². The maximum Gasteiger partial charge on any atom is 0.320 e. The minimum atomic E-state index is -1.44. The summed E-state index contributed by atoms with van der Waals surface area (Å²) in [5, 5.41) is 16.2. The van der Waals surface area contributed by atoms with E-state index < -0.39 is 5.60 Å². The summed E-state index contributed by atoms with van der Waals surface area (Å²) in [7, 11) is 0. The second-order valence-corrected chi connectivity index (χ2v) is 13.0. The molecule has 5 rings (SSSR count). The quantitative estimate of drug-likeness (QED) is 0.262. The van der Waals surface area contributed by atoms with Gasteiger partial charge < -0.3 is 30.3 Å². The van der Waals surface area contributed by atoms with Crippen LogP contribution in [-0.4, -0.2) is 73.4 Å². The molecule has 2 aliphatic heterocycles. The van der Waals surface area contributed by atoms with Crippen molar-refractivity contribution in [2.75, 3.05) is 36.5 Å². The molecule has 3 N–H and O–H groups in total. The van der Waals surface area contributed by atoms with Crippen LogP contribution in [0.4, 0.5) is 16.3 Å². The molecule has 11 heteroatoms. The molecule has 38 heavy (non-hydrogen) atoms. The number of alkyl halides is 1. The summed E-state index contributed by atoms with van der Waals surface area (Å²) < 4.78 is 5.51. The number of nitrogens with zero attached hydrogens (tertiary/aromatic N) is 4. The Morgan fingerprint density at radius 1 is 1.18 bits per heavy atom. The Hall–Kier alpha value is -2.51. The van der Waals surface area contributed by atoms with E-state index in [-0.39, 0.29) is 21.5 Å². The van der Waals surface area contributed by atoms with Crippen molar-refractivity contribution in [2.24, 2.45) is 0 Å². The summed E-state index contributed by atoms with van der Waals surface area (Å²) in [6.45, 7) is 7.95. The lowest BCUT2D eigenvalue weighted by atomic mass is 9.93. The highest BCUT2D eigenvalue weighted by Gasteiger charge is 2.36. The molecule has 0 bridgehead atoms. The molecule has 10 nitrogen and oxygen atoms in total. The standard InChI is InChI=1S/C27H35IN6O4/c1-17-16-38-14-13-34(17)23-20-9-12-33(24(35)26(2,3)37)15-21(20)30-22(31-23)18-5-7-19(8-6-18)29-25(36)32-27(28)10-4-11-27/h5-8,17,37H,4,9-16H2,1-3H3,(H2,29,32,36). The average molecular weight is 635 g/mol. The number of halogens is 1. The van der Waals surface area contributed by atoms with E-state index in [1.54, 1.807) is 4.90 Å². The topological polar surface area (TPSA) is 120 Å². The van der Waals surface area contributed by atoms with E-state index in [9.17, 15) is 14.7 Å². The molecule has 1 saturated carbocycles. The molecular formula is C27H35IN6O4. The summed E-state index contributed by atoms with van der Waals surface area (Å²) in [6, 6.07) is 7.44. The van der Waals surface area contributed by atoms with E-state index >= 15 is 0 Å². The third-order valence-corrected chi connectivity index (χ3v) is 8.73. The maximum absolute atomic E-state index is 12.8. The second kappa shape index (κ2) is 10.6. The van der Waals surface area contributed by atoms with Gasteiger partial charge in [-0.1, -0.05) is 22.6 Å². The van der Waals surface area contributed by atoms with Gasteiger partial charge in [-0.2, -0.15) is 0 Å². The van der Waals surface area contributed by atoms with Gasteiger partial charge in [0.15, 0.2) is 5.82 Å². The zero-order chi connectivity index (χ0) is 27.1. The Bertz CT molecular complexity index is 1210. The number of ether oxygens (including phenoxy) is 1. The van der Waals surface area contributed by atoms with Crippen molar-refractivity contribution in [1.82, 2.24) is 20.2 Å². The van der Waals surface area contributed by atoms with Crippen LogP contribution >= 0.6 is 22.6 Å². The number of carbonyl (C=O) groups is 2. The van der Waals surface area contributed by atoms with Gasteiger partial charge in [-0.3, -0.25) is 4.79 Å². The smallest absolute Gasteiger partial charge is 0.320 e. The molecule has 3 aliphatic rings. The Morgan fingerprint density at radius 2 is 1.92 bits per heavy atom. The average Bonchev–Trinajstić information content (AvgIpc) is 2.86. The monoisotopic (exact) mass is 634 g/mol. The first kappa shape index (κ1) is 27.1. The molecule has 3 amide bonds. The van der Waals surface area contributed by atoms with Gasteiger partial charge >= 0.3 is 6.03 Å².